The van der Waals surface area contributed by atoms with Crippen molar-refractivity contribution in [1.29, 1.82) is 0 Å². The van der Waals surface area contributed by atoms with Crippen LogP contribution in [-0.4, -0.2) is 34.2 Å². The fourth-order valence-corrected chi connectivity index (χ4v) is 4.25. The summed E-state index contributed by atoms with van der Waals surface area (Å²) in [6, 6.07) is 9.45. The van der Waals surface area contributed by atoms with Crippen LogP contribution in [-0.2, 0) is 16.0 Å². The minimum absolute atomic E-state index is 0.183. The molecule has 2 aromatic heterocycles. The number of aryl methyl sites for hydroxylation is 1. The van der Waals surface area contributed by atoms with Crippen LogP contribution in [0.25, 0.3) is 10.9 Å². The van der Waals surface area contributed by atoms with E-state index in [-0.39, 0.29) is 11.7 Å². The summed E-state index contributed by atoms with van der Waals surface area (Å²) in [4.78, 5) is 34.1. The Morgan fingerprint density at radius 3 is 2.81 bits per heavy atom. The lowest BCUT2D eigenvalue weighted by Crippen LogP contribution is -2.16. The Hall–Kier alpha value is -2.45. The minimum Gasteiger partial charge on any atom is -0.462 e. The van der Waals surface area contributed by atoms with Gasteiger partial charge in [-0.25, -0.2) is 14.8 Å². The van der Waals surface area contributed by atoms with E-state index in [2.05, 4.69) is 15.3 Å². The molecule has 1 amide bonds. The molecule has 2 heterocycles. The predicted molar refractivity (Wildman–Crippen MR) is 109 cm³/mol. The normalized spacial score (nSPS) is 10.7. The molecule has 0 fully saturated rings. The van der Waals surface area contributed by atoms with Crippen molar-refractivity contribution in [3.8, 4) is 0 Å². The van der Waals surface area contributed by atoms with E-state index in [1.807, 2.05) is 31.2 Å². The zero-order chi connectivity index (χ0) is 19.2. The van der Waals surface area contributed by atoms with Crippen molar-refractivity contribution in [2.45, 2.75) is 25.3 Å². The van der Waals surface area contributed by atoms with E-state index in [1.165, 1.54) is 29.4 Å². The summed E-state index contributed by atoms with van der Waals surface area (Å²) in [6.45, 7) is 4.05. The monoisotopic (exact) mass is 401 g/mol. The summed E-state index contributed by atoms with van der Waals surface area (Å²) in [5.41, 5.74) is 1.25. The zero-order valence-corrected chi connectivity index (χ0v) is 16.7. The molecule has 3 aromatic rings. The molecule has 0 saturated heterocycles. The summed E-state index contributed by atoms with van der Waals surface area (Å²) < 4.78 is 5.08. The van der Waals surface area contributed by atoms with Crippen molar-refractivity contribution >= 4 is 50.9 Å². The fraction of sp³-hybridized carbons (Fsp3) is 0.263. The molecule has 0 aliphatic rings. The number of nitrogens with one attached hydrogen (secondary N) is 1. The van der Waals surface area contributed by atoms with Gasteiger partial charge in [0.2, 0.25) is 5.91 Å². The van der Waals surface area contributed by atoms with Gasteiger partial charge >= 0.3 is 5.97 Å². The van der Waals surface area contributed by atoms with E-state index < -0.39 is 5.97 Å². The van der Waals surface area contributed by atoms with Crippen LogP contribution in [0.1, 0.15) is 29.1 Å². The van der Waals surface area contributed by atoms with Crippen LogP contribution in [0.3, 0.4) is 0 Å². The third-order valence-electron chi connectivity index (χ3n) is 3.73. The van der Waals surface area contributed by atoms with Crippen molar-refractivity contribution in [3.63, 3.8) is 0 Å². The molecule has 27 heavy (non-hydrogen) atoms. The molecule has 6 nitrogen and oxygen atoms in total. The number of para-hydroxylation sites is 1. The zero-order valence-electron chi connectivity index (χ0n) is 15.0. The van der Waals surface area contributed by atoms with E-state index in [0.717, 1.165) is 27.2 Å². The lowest BCUT2D eigenvalue weighted by Gasteiger charge is -2.07. The second-order valence-corrected chi connectivity index (χ2v) is 7.66. The lowest BCUT2D eigenvalue weighted by atomic mass is 10.2. The number of carbonyl (C=O) groups is 2. The van der Waals surface area contributed by atoms with Crippen LogP contribution >= 0.6 is 23.1 Å². The minimum atomic E-state index is -0.418. The van der Waals surface area contributed by atoms with Crippen molar-refractivity contribution < 1.29 is 14.3 Å². The molecule has 0 spiro atoms. The third-order valence-corrected chi connectivity index (χ3v) is 5.93. The largest absolute Gasteiger partial charge is 0.462 e. The van der Waals surface area contributed by atoms with E-state index >= 15 is 0 Å². The van der Waals surface area contributed by atoms with Gasteiger partial charge in [-0.1, -0.05) is 36.9 Å². The first-order valence-electron chi connectivity index (χ1n) is 8.54. The molecule has 1 N–H and O–H groups in total. The predicted octanol–water partition coefficient (Wildman–Crippen LogP) is 4.16. The van der Waals surface area contributed by atoms with Crippen molar-refractivity contribution in [2.24, 2.45) is 0 Å². The average Bonchev–Trinajstić information content (AvgIpc) is 3.09. The lowest BCUT2D eigenvalue weighted by molar-refractivity contribution is -0.113. The highest BCUT2D eigenvalue weighted by atomic mass is 32.2. The van der Waals surface area contributed by atoms with Gasteiger partial charge in [0.05, 0.1) is 23.4 Å². The first-order chi connectivity index (χ1) is 13.1. The summed E-state index contributed by atoms with van der Waals surface area (Å²) in [7, 11) is 0. The number of thioether (sulfide) groups is 1. The van der Waals surface area contributed by atoms with Gasteiger partial charge in [-0.05, 0) is 25.5 Å². The quantitative estimate of drug-likeness (QED) is 0.364. The number of thiophene rings is 1. The summed E-state index contributed by atoms with van der Waals surface area (Å²) in [6.07, 6.45) is 2.28. The molecule has 0 aliphatic heterocycles. The highest BCUT2D eigenvalue weighted by molar-refractivity contribution is 8.00. The Kier molecular flexibility index (Phi) is 6.41. The molecular formula is C19H19N3O3S2. The molecule has 0 aliphatic carbocycles. The van der Waals surface area contributed by atoms with Crippen molar-refractivity contribution in [1.82, 2.24) is 9.97 Å². The topological polar surface area (TPSA) is 81.2 Å². The molecule has 0 atom stereocenters. The number of benzene rings is 1. The summed E-state index contributed by atoms with van der Waals surface area (Å²) in [5.74, 6) is -0.432. The number of rotatable bonds is 7. The number of hydrogen-bond acceptors (Lipinski definition) is 7. The summed E-state index contributed by atoms with van der Waals surface area (Å²) >= 11 is 2.74. The van der Waals surface area contributed by atoms with Crippen LogP contribution in [0.4, 0.5) is 5.00 Å². The number of aromatic nitrogens is 2. The molecular weight excluding hydrogens is 382 g/mol. The Balaban J connectivity index is 1.71. The third kappa shape index (κ3) is 4.64. The molecule has 0 saturated carbocycles. The molecule has 8 heteroatoms. The highest BCUT2D eigenvalue weighted by Crippen LogP contribution is 2.30. The van der Waals surface area contributed by atoms with Crippen molar-refractivity contribution in [2.75, 3.05) is 17.7 Å². The van der Waals surface area contributed by atoms with Crippen LogP contribution in [0, 0.1) is 0 Å². The van der Waals surface area contributed by atoms with E-state index in [1.54, 1.807) is 13.0 Å². The van der Waals surface area contributed by atoms with Crippen molar-refractivity contribution in [3.05, 3.63) is 47.1 Å². The molecule has 140 valence electrons. The standard InChI is InChI=1S/C19H19N3O3S2/c1-3-12-9-14(19(24)25-4-2)18(27-12)22-16(23)10-26-17-13-7-5-6-8-15(13)20-11-21-17/h5-9,11H,3-4,10H2,1-2H3,(H,22,23). The highest BCUT2D eigenvalue weighted by Gasteiger charge is 2.19. The number of esters is 1. The fourth-order valence-electron chi connectivity index (χ4n) is 2.46. The van der Waals surface area contributed by atoms with Crippen LogP contribution < -0.4 is 5.32 Å². The number of ether oxygens (including phenoxy) is 1. The Labute approximate surface area is 165 Å². The average molecular weight is 402 g/mol. The number of anilines is 1. The SMILES string of the molecule is CCOC(=O)c1cc(CC)sc1NC(=O)CSc1ncnc2ccccc12. The smallest absolute Gasteiger partial charge is 0.341 e. The maximum atomic E-state index is 12.4. The van der Waals surface area contributed by atoms with Gasteiger partial charge in [-0.15, -0.1) is 11.3 Å². The van der Waals surface area contributed by atoms with Gasteiger partial charge in [0.1, 0.15) is 16.4 Å². The Bertz CT molecular complexity index is 966. The van der Waals surface area contributed by atoms with Crippen LogP contribution in [0.5, 0.6) is 0 Å². The first-order valence-corrected chi connectivity index (χ1v) is 10.3. The Morgan fingerprint density at radius 1 is 1.22 bits per heavy atom. The first kappa shape index (κ1) is 19.3. The number of hydrogen-bond donors (Lipinski definition) is 1. The van der Waals surface area contributed by atoms with Gasteiger partial charge in [-0.3, -0.25) is 4.79 Å². The van der Waals surface area contributed by atoms with Crippen LogP contribution in [0.15, 0.2) is 41.7 Å². The maximum Gasteiger partial charge on any atom is 0.341 e. The summed E-state index contributed by atoms with van der Waals surface area (Å²) in [5, 5.41) is 5.03. The van der Waals surface area contributed by atoms with E-state index in [4.69, 9.17) is 4.74 Å². The van der Waals surface area contributed by atoms with E-state index in [0.29, 0.717) is 17.2 Å². The van der Waals surface area contributed by atoms with Crippen LogP contribution in [0.2, 0.25) is 0 Å². The molecule has 3 rings (SSSR count). The van der Waals surface area contributed by atoms with Gasteiger partial charge in [-0.2, -0.15) is 0 Å². The van der Waals surface area contributed by atoms with Gasteiger partial charge in [0.25, 0.3) is 0 Å². The van der Waals surface area contributed by atoms with E-state index in [9.17, 15) is 9.59 Å². The second-order valence-electron chi connectivity index (χ2n) is 5.56. The molecule has 0 bridgehead atoms. The number of amides is 1. The van der Waals surface area contributed by atoms with Gasteiger partial charge < -0.3 is 10.1 Å². The number of carbonyl (C=O) groups excluding carboxylic acids is 2. The number of fused-ring (bicyclic) bond motifs is 1. The molecule has 0 unspecified atom stereocenters. The maximum absolute atomic E-state index is 12.4. The van der Waals surface area contributed by atoms with Gasteiger partial charge in [0, 0.05) is 10.3 Å². The van der Waals surface area contributed by atoms with Gasteiger partial charge in [0.15, 0.2) is 0 Å². The molecule has 0 radical (unpaired) electrons. The Morgan fingerprint density at radius 2 is 2.04 bits per heavy atom. The molecule has 1 aromatic carbocycles. The number of nitrogens with zero attached hydrogens (tertiary/aromatic N) is 2. The second kappa shape index (κ2) is 8.96.